The minimum Gasteiger partial charge on any atom is -0.0654 e. The van der Waals surface area contributed by atoms with Gasteiger partial charge in [-0.05, 0) is 98.2 Å². The number of halogens is 3. The zero-order valence-electron chi connectivity index (χ0n) is 13.2. The minimum absolute atomic E-state index is 0.769. The molecule has 0 heterocycles. The molecule has 0 amide bonds. The van der Waals surface area contributed by atoms with Gasteiger partial charge in [-0.25, -0.2) is 0 Å². The van der Waals surface area contributed by atoms with E-state index in [0.29, 0.717) is 0 Å². The van der Waals surface area contributed by atoms with Gasteiger partial charge >= 0.3 is 0 Å². The molecule has 0 saturated heterocycles. The van der Waals surface area contributed by atoms with Crippen LogP contribution >= 0.6 is 67.8 Å². The summed E-state index contributed by atoms with van der Waals surface area (Å²) in [5.41, 5.74) is 1.60. The quantitative estimate of drug-likeness (QED) is 0.140. The van der Waals surface area contributed by atoms with Crippen molar-refractivity contribution in [2.75, 3.05) is 0 Å². The second kappa shape index (κ2) is 11.9. The first kappa shape index (κ1) is 20.5. The number of rotatable bonds is 10. The highest BCUT2D eigenvalue weighted by atomic mass is 127. The topological polar surface area (TPSA) is 0 Å². The zero-order valence-corrected chi connectivity index (χ0v) is 19.7. The third kappa shape index (κ3) is 7.23. The fourth-order valence-electron chi connectivity index (χ4n) is 2.77. The molecule has 0 bridgehead atoms. The molecular formula is C18H27I3. The van der Waals surface area contributed by atoms with Gasteiger partial charge < -0.3 is 0 Å². The second-order valence-electron chi connectivity index (χ2n) is 5.81. The van der Waals surface area contributed by atoms with Crippen molar-refractivity contribution in [2.24, 2.45) is 0 Å². The van der Waals surface area contributed by atoms with Crippen molar-refractivity contribution in [3.63, 3.8) is 0 Å². The van der Waals surface area contributed by atoms with Gasteiger partial charge in [0, 0.05) is 10.7 Å². The lowest BCUT2D eigenvalue weighted by Crippen LogP contribution is -2.04. The highest BCUT2D eigenvalue weighted by molar-refractivity contribution is 14.1. The predicted octanol–water partition coefficient (Wildman–Crippen LogP) is 8.13. The summed E-state index contributed by atoms with van der Waals surface area (Å²) in [5.74, 6) is 0.769. The van der Waals surface area contributed by atoms with E-state index in [0.717, 1.165) is 5.92 Å². The summed E-state index contributed by atoms with van der Waals surface area (Å²) in [6, 6.07) is 4.70. The maximum absolute atomic E-state index is 2.56. The molecule has 3 heteroatoms. The first-order chi connectivity index (χ1) is 10.1. The van der Waals surface area contributed by atoms with Crippen LogP contribution in [0.5, 0.6) is 0 Å². The fraction of sp³-hybridized carbons (Fsp3) is 0.667. The van der Waals surface area contributed by atoms with Crippen LogP contribution in [0.3, 0.4) is 0 Å². The molecule has 0 aliphatic carbocycles. The summed E-state index contributed by atoms with van der Waals surface area (Å²) in [7, 11) is 0. The first-order valence-electron chi connectivity index (χ1n) is 8.25. The normalized spacial score (nSPS) is 12.6. The number of hydrogen-bond donors (Lipinski definition) is 0. The van der Waals surface area contributed by atoms with E-state index in [1.807, 2.05) is 0 Å². The lowest BCUT2D eigenvalue weighted by molar-refractivity contribution is 0.499. The Hall–Kier alpha value is 1.41. The van der Waals surface area contributed by atoms with Gasteiger partial charge in [0.2, 0.25) is 0 Å². The van der Waals surface area contributed by atoms with E-state index in [-0.39, 0.29) is 0 Å². The molecule has 1 aromatic rings. The zero-order chi connectivity index (χ0) is 15.7. The Labute approximate surface area is 172 Å². The van der Waals surface area contributed by atoms with E-state index < -0.39 is 0 Å². The lowest BCUT2D eigenvalue weighted by Gasteiger charge is -2.20. The molecule has 0 nitrogen and oxygen atoms in total. The summed E-state index contributed by atoms with van der Waals surface area (Å²) >= 11 is 7.52. The van der Waals surface area contributed by atoms with E-state index in [1.54, 1.807) is 5.56 Å². The smallest absolute Gasteiger partial charge is 0.0400 e. The van der Waals surface area contributed by atoms with Crippen molar-refractivity contribution in [3.05, 3.63) is 28.4 Å². The Morgan fingerprint density at radius 3 is 1.95 bits per heavy atom. The van der Waals surface area contributed by atoms with Crippen LogP contribution in [0.2, 0.25) is 0 Å². The van der Waals surface area contributed by atoms with E-state index in [4.69, 9.17) is 0 Å². The van der Waals surface area contributed by atoms with Gasteiger partial charge in [-0.2, -0.15) is 0 Å². The summed E-state index contributed by atoms with van der Waals surface area (Å²) in [6.07, 6.45) is 12.3. The van der Waals surface area contributed by atoms with Crippen LogP contribution in [-0.4, -0.2) is 0 Å². The molecule has 0 spiro atoms. The molecule has 1 rings (SSSR count). The Morgan fingerprint density at radius 1 is 0.762 bits per heavy atom. The average Bonchev–Trinajstić information content (AvgIpc) is 2.48. The van der Waals surface area contributed by atoms with Crippen molar-refractivity contribution >= 4 is 67.8 Å². The molecule has 0 aliphatic heterocycles. The molecule has 120 valence electrons. The highest BCUT2D eigenvalue weighted by Crippen LogP contribution is 2.35. The van der Waals surface area contributed by atoms with Crippen molar-refractivity contribution in [1.29, 1.82) is 0 Å². The van der Waals surface area contributed by atoms with E-state index in [1.165, 1.54) is 68.5 Å². The van der Waals surface area contributed by atoms with Crippen molar-refractivity contribution in [3.8, 4) is 0 Å². The van der Waals surface area contributed by atoms with Gasteiger partial charge in [-0.3, -0.25) is 0 Å². The SMILES string of the molecule is CCCCCCC(CCCCC)c1ccc(I)c(I)c1I. The maximum Gasteiger partial charge on any atom is 0.0400 e. The maximum atomic E-state index is 2.56. The molecule has 1 atom stereocenters. The molecule has 1 unspecified atom stereocenters. The molecule has 1 aromatic carbocycles. The largest absolute Gasteiger partial charge is 0.0654 e. The first-order valence-corrected chi connectivity index (χ1v) is 11.5. The Bertz CT molecular complexity index is 415. The summed E-state index contributed by atoms with van der Waals surface area (Å²) in [4.78, 5) is 0. The van der Waals surface area contributed by atoms with Crippen LogP contribution in [0, 0.1) is 10.7 Å². The Kier molecular flexibility index (Phi) is 11.6. The predicted molar refractivity (Wildman–Crippen MR) is 120 cm³/mol. The third-order valence-corrected chi connectivity index (χ3v) is 9.31. The fourth-order valence-corrected chi connectivity index (χ4v) is 5.14. The Morgan fingerprint density at radius 2 is 1.33 bits per heavy atom. The molecule has 0 fully saturated rings. The van der Waals surface area contributed by atoms with Crippen molar-refractivity contribution < 1.29 is 0 Å². The number of benzene rings is 1. The van der Waals surface area contributed by atoms with E-state index in [9.17, 15) is 0 Å². The van der Waals surface area contributed by atoms with Crippen LogP contribution in [-0.2, 0) is 0 Å². The van der Waals surface area contributed by atoms with Crippen LogP contribution < -0.4 is 0 Å². The average molecular weight is 624 g/mol. The molecule has 0 radical (unpaired) electrons. The van der Waals surface area contributed by atoms with E-state index in [2.05, 4.69) is 93.8 Å². The van der Waals surface area contributed by atoms with E-state index >= 15 is 0 Å². The number of hydrogen-bond acceptors (Lipinski definition) is 0. The van der Waals surface area contributed by atoms with Crippen LogP contribution in [0.4, 0.5) is 0 Å². The van der Waals surface area contributed by atoms with Gasteiger partial charge in [-0.1, -0.05) is 64.9 Å². The van der Waals surface area contributed by atoms with Gasteiger partial charge in [0.25, 0.3) is 0 Å². The van der Waals surface area contributed by atoms with Gasteiger partial charge in [0.05, 0.1) is 0 Å². The summed E-state index contributed by atoms with van der Waals surface area (Å²) in [5, 5.41) is 0. The molecular weight excluding hydrogens is 597 g/mol. The highest BCUT2D eigenvalue weighted by Gasteiger charge is 2.17. The van der Waals surface area contributed by atoms with Gasteiger partial charge in [-0.15, -0.1) is 0 Å². The minimum atomic E-state index is 0.769. The summed E-state index contributed by atoms with van der Waals surface area (Å²) in [6.45, 7) is 4.59. The second-order valence-corrected chi connectivity index (χ2v) is 9.13. The molecule has 21 heavy (non-hydrogen) atoms. The number of unbranched alkanes of at least 4 members (excludes halogenated alkanes) is 5. The van der Waals surface area contributed by atoms with Crippen molar-refractivity contribution in [1.82, 2.24) is 0 Å². The van der Waals surface area contributed by atoms with Gasteiger partial charge in [0.15, 0.2) is 0 Å². The molecule has 0 aromatic heterocycles. The standard InChI is InChI=1S/C18H27I3/c1-3-5-7-9-11-14(10-8-6-4-2)15-12-13-16(19)18(21)17(15)20/h12-14H,3-11H2,1-2H3. The summed E-state index contributed by atoms with van der Waals surface area (Å²) < 4.78 is 4.33. The van der Waals surface area contributed by atoms with Crippen LogP contribution in [0.1, 0.15) is 83.1 Å². The Balaban J connectivity index is 2.76. The third-order valence-electron chi connectivity index (χ3n) is 4.07. The molecule has 0 saturated carbocycles. The van der Waals surface area contributed by atoms with Crippen LogP contribution in [0.25, 0.3) is 0 Å². The monoisotopic (exact) mass is 624 g/mol. The molecule has 0 aliphatic rings. The lowest BCUT2D eigenvalue weighted by atomic mass is 9.88. The van der Waals surface area contributed by atoms with Crippen molar-refractivity contribution in [2.45, 2.75) is 77.6 Å². The molecule has 0 N–H and O–H groups in total. The van der Waals surface area contributed by atoms with Crippen LogP contribution in [0.15, 0.2) is 12.1 Å². The van der Waals surface area contributed by atoms with Gasteiger partial charge in [0.1, 0.15) is 0 Å².